The predicted molar refractivity (Wildman–Crippen MR) is 106 cm³/mol. The highest BCUT2D eigenvalue weighted by Gasteiger charge is 2.26. The van der Waals surface area contributed by atoms with Gasteiger partial charge in [-0.05, 0) is 30.7 Å². The number of piperazine rings is 1. The van der Waals surface area contributed by atoms with E-state index in [4.69, 9.17) is 4.74 Å². The number of para-hydroxylation sites is 1. The van der Waals surface area contributed by atoms with Gasteiger partial charge in [-0.15, -0.1) is 12.4 Å². The van der Waals surface area contributed by atoms with Gasteiger partial charge in [0.05, 0.1) is 25.0 Å². The molecule has 1 atom stereocenters. The van der Waals surface area contributed by atoms with E-state index in [1.807, 2.05) is 18.3 Å². The molecule has 5 nitrogen and oxygen atoms in total. The van der Waals surface area contributed by atoms with E-state index in [2.05, 4.69) is 57.0 Å². The molecule has 1 unspecified atom stereocenters. The molecule has 0 bridgehead atoms. The monoisotopic (exact) mass is 372 g/mol. The lowest BCUT2D eigenvalue weighted by Crippen LogP contribution is -2.45. The number of ether oxygens (including phenoxy) is 1. The number of fused-ring (bicyclic) bond motifs is 1. The summed E-state index contributed by atoms with van der Waals surface area (Å²) in [6, 6.07) is 12.9. The fraction of sp³-hybridized carbons (Fsp3) is 0.350. The van der Waals surface area contributed by atoms with Crippen LogP contribution in [0.4, 0.5) is 0 Å². The molecule has 0 spiro atoms. The van der Waals surface area contributed by atoms with Gasteiger partial charge in [0.2, 0.25) is 0 Å². The van der Waals surface area contributed by atoms with Gasteiger partial charge in [-0.25, -0.2) is 4.98 Å². The van der Waals surface area contributed by atoms with E-state index < -0.39 is 0 Å². The maximum Gasteiger partial charge on any atom is 0.137 e. The molecule has 3 heterocycles. The van der Waals surface area contributed by atoms with E-state index in [1.54, 1.807) is 7.11 Å². The fourth-order valence-corrected chi connectivity index (χ4v) is 3.64. The molecular formula is C20H25ClN4O. The first-order valence-corrected chi connectivity index (χ1v) is 8.76. The van der Waals surface area contributed by atoms with Crippen molar-refractivity contribution in [3.05, 3.63) is 65.6 Å². The molecule has 1 saturated heterocycles. The lowest BCUT2D eigenvalue weighted by atomic mass is 10.0. The Morgan fingerprint density at radius 3 is 2.96 bits per heavy atom. The minimum Gasteiger partial charge on any atom is -0.496 e. The number of hydrogen-bond donors (Lipinski definition) is 1. The summed E-state index contributed by atoms with van der Waals surface area (Å²) < 4.78 is 7.78. The molecule has 1 aliphatic heterocycles. The summed E-state index contributed by atoms with van der Waals surface area (Å²) in [5, 5.41) is 3.52. The van der Waals surface area contributed by atoms with Crippen LogP contribution in [0.25, 0.3) is 5.65 Å². The third kappa shape index (κ3) is 3.56. The first-order valence-electron chi connectivity index (χ1n) is 8.76. The number of benzene rings is 1. The van der Waals surface area contributed by atoms with Crippen LogP contribution < -0.4 is 10.1 Å². The van der Waals surface area contributed by atoms with Crippen LogP contribution in [0.3, 0.4) is 0 Å². The quantitative estimate of drug-likeness (QED) is 0.763. The maximum absolute atomic E-state index is 5.59. The molecule has 6 heteroatoms. The highest BCUT2D eigenvalue weighted by atomic mass is 35.5. The molecule has 138 valence electrons. The van der Waals surface area contributed by atoms with Gasteiger partial charge in [-0.3, -0.25) is 4.90 Å². The summed E-state index contributed by atoms with van der Waals surface area (Å²) in [6.45, 7) is 5.90. The number of hydrogen-bond acceptors (Lipinski definition) is 4. The molecular weight excluding hydrogens is 348 g/mol. The third-order valence-corrected chi connectivity index (χ3v) is 4.96. The normalized spacial score (nSPS) is 17.8. The SMILES string of the molecule is COc1ccccc1C1CNCCN1Cc1cnc2cc(C)ccn12.Cl. The molecule has 1 fully saturated rings. The number of aromatic nitrogens is 2. The predicted octanol–water partition coefficient (Wildman–Crippen LogP) is 3.22. The summed E-state index contributed by atoms with van der Waals surface area (Å²) in [4.78, 5) is 7.08. The van der Waals surface area contributed by atoms with Gasteiger partial charge in [0, 0.05) is 37.9 Å². The highest BCUT2D eigenvalue weighted by Crippen LogP contribution is 2.31. The zero-order valence-corrected chi connectivity index (χ0v) is 16.0. The third-order valence-electron chi connectivity index (χ3n) is 4.96. The number of pyridine rings is 1. The van der Waals surface area contributed by atoms with E-state index >= 15 is 0 Å². The summed E-state index contributed by atoms with van der Waals surface area (Å²) >= 11 is 0. The number of halogens is 1. The van der Waals surface area contributed by atoms with E-state index in [1.165, 1.54) is 16.8 Å². The van der Waals surface area contributed by atoms with Crippen molar-refractivity contribution < 1.29 is 4.74 Å². The van der Waals surface area contributed by atoms with Gasteiger partial charge in [0.15, 0.2) is 0 Å². The Bertz CT molecular complexity index is 879. The van der Waals surface area contributed by atoms with Crippen molar-refractivity contribution in [2.45, 2.75) is 19.5 Å². The van der Waals surface area contributed by atoms with E-state index in [0.29, 0.717) is 6.04 Å². The summed E-state index contributed by atoms with van der Waals surface area (Å²) in [5.74, 6) is 0.954. The molecule has 26 heavy (non-hydrogen) atoms. The van der Waals surface area contributed by atoms with Crippen LogP contribution in [-0.2, 0) is 6.54 Å². The molecule has 0 radical (unpaired) electrons. The van der Waals surface area contributed by atoms with Crippen LogP contribution in [0.5, 0.6) is 5.75 Å². The van der Waals surface area contributed by atoms with Gasteiger partial charge in [-0.2, -0.15) is 0 Å². The fourth-order valence-electron chi connectivity index (χ4n) is 3.64. The van der Waals surface area contributed by atoms with Crippen molar-refractivity contribution in [2.24, 2.45) is 0 Å². The van der Waals surface area contributed by atoms with Crippen LogP contribution in [0.2, 0.25) is 0 Å². The number of methoxy groups -OCH3 is 1. The van der Waals surface area contributed by atoms with Crippen molar-refractivity contribution in [2.75, 3.05) is 26.7 Å². The average Bonchev–Trinajstić information content (AvgIpc) is 3.04. The molecule has 4 rings (SSSR count). The zero-order chi connectivity index (χ0) is 17.2. The lowest BCUT2D eigenvalue weighted by molar-refractivity contribution is 0.149. The minimum atomic E-state index is 0. The average molecular weight is 373 g/mol. The van der Waals surface area contributed by atoms with Gasteiger partial charge >= 0.3 is 0 Å². The van der Waals surface area contributed by atoms with E-state index in [9.17, 15) is 0 Å². The minimum absolute atomic E-state index is 0. The van der Waals surface area contributed by atoms with E-state index in [-0.39, 0.29) is 12.4 Å². The maximum atomic E-state index is 5.59. The molecule has 3 aromatic rings. The van der Waals surface area contributed by atoms with Crippen molar-refractivity contribution in [3.63, 3.8) is 0 Å². The Labute approximate surface area is 160 Å². The Morgan fingerprint density at radius 2 is 2.12 bits per heavy atom. The van der Waals surface area contributed by atoms with Gasteiger partial charge in [-0.1, -0.05) is 18.2 Å². The Hall–Kier alpha value is -2.08. The van der Waals surface area contributed by atoms with Gasteiger partial charge in [0.25, 0.3) is 0 Å². The number of aryl methyl sites for hydroxylation is 1. The number of nitrogens with one attached hydrogen (secondary N) is 1. The summed E-state index contributed by atoms with van der Waals surface area (Å²) in [5.41, 5.74) is 4.70. The summed E-state index contributed by atoms with van der Waals surface area (Å²) in [6.07, 6.45) is 4.11. The first kappa shape index (κ1) is 18.7. The van der Waals surface area contributed by atoms with Crippen molar-refractivity contribution >= 4 is 18.1 Å². The van der Waals surface area contributed by atoms with Crippen molar-refractivity contribution in [1.82, 2.24) is 19.6 Å². The number of rotatable bonds is 4. The van der Waals surface area contributed by atoms with Gasteiger partial charge in [0.1, 0.15) is 11.4 Å². The van der Waals surface area contributed by atoms with Crippen LogP contribution in [0, 0.1) is 6.92 Å². The highest BCUT2D eigenvalue weighted by molar-refractivity contribution is 5.85. The molecule has 0 amide bonds. The second kappa shape index (κ2) is 8.08. The Morgan fingerprint density at radius 1 is 1.27 bits per heavy atom. The van der Waals surface area contributed by atoms with Gasteiger partial charge < -0.3 is 14.5 Å². The smallest absolute Gasteiger partial charge is 0.137 e. The topological polar surface area (TPSA) is 41.8 Å². The Kier molecular flexibility index (Phi) is 5.81. The largest absolute Gasteiger partial charge is 0.496 e. The van der Waals surface area contributed by atoms with Crippen LogP contribution in [0.15, 0.2) is 48.8 Å². The second-order valence-electron chi connectivity index (χ2n) is 6.61. The van der Waals surface area contributed by atoms with Crippen LogP contribution in [-0.4, -0.2) is 41.0 Å². The molecule has 2 aromatic heterocycles. The second-order valence-corrected chi connectivity index (χ2v) is 6.61. The Balaban J connectivity index is 0.00000196. The molecule has 1 aliphatic rings. The standard InChI is InChI=1S/C20H24N4O.ClH/c1-15-7-9-24-16(12-22-20(24)11-15)14-23-10-8-21-13-18(23)17-5-3-4-6-19(17)25-2;/h3-7,9,11-12,18,21H,8,10,13-14H2,1-2H3;1H. The van der Waals surface area contributed by atoms with Crippen LogP contribution >= 0.6 is 12.4 Å². The molecule has 1 N–H and O–H groups in total. The number of imidazole rings is 1. The zero-order valence-electron chi connectivity index (χ0n) is 15.2. The van der Waals surface area contributed by atoms with Crippen LogP contribution in [0.1, 0.15) is 22.9 Å². The summed E-state index contributed by atoms with van der Waals surface area (Å²) in [7, 11) is 1.74. The van der Waals surface area contributed by atoms with Crippen molar-refractivity contribution in [3.8, 4) is 5.75 Å². The number of nitrogens with zero attached hydrogens (tertiary/aromatic N) is 3. The van der Waals surface area contributed by atoms with Crippen molar-refractivity contribution in [1.29, 1.82) is 0 Å². The molecule has 0 saturated carbocycles. The molecule has 0 aliphatic carbocycles. The first-order chi connectivity index (χ1) is 12.3. The molecule has 1 aromatic carbocycles. The lowest BCUT2D eigenvalue weighted by Gasteiger charge is -2.36. The van der Waals surface area contributed by atoms with E-state index in [0.717, 1.165) is 37.6 Å².